The first kappa shape index (κ1) is 25.4. The van der Waals surface area contributed by atoms with Gasteiger partial charge in [0, 0.05) is 6.42 Å². The molecule has 0 radical (unpaired) electrons. The molecule has 1 aliphatic heterocycles. The van der Waals surface area contributed by atoms with E-state index in [9.17, 15) is 15.0 Å². The number of carboxylic acids is 1. The fourth-order valence-electron chi connectivity index (χ4n) is 4.20. The van der Waals surface area contributed by atoms with Gasteiger partial charge in [-0.1, -0.05) is 84.0 Å². The van der Waals surface area contributed by atoms with E-state index in [-0.39, 0.29) is 12.5 Å². The number of carbonyl (C=O) groups is 1. The van der Waals surface area contributed by atoms with E-state index in [1.165, 1.54) is 64.2 Å². The Morgan fingerprint density at radius 3 is 1.93 bits per heavy atom. The molecule has 3 atom stereocenters. The summed E-state index contributed by atoms with van der Waals surface area (Å²) >= 11 is 0. The number of aliphatic carboxylic acids is 1. The van der Waals surface area contributed by atoms with Gasteiger partial charge < -0.3 is 20.1 Å². The molecule has 0 aromatic heterocycles. The first-order valence-electron chi connectivity index (χ1n) is 11.7. The van der Waals surface area contributed by atoms with Gasteiger partial charge in [0.2, 0.25) is 0 Å². The van der Waals surface area contributed by atoms with E-state index in [1.54, 1.807) is 0 Å². The fraction of sp³-hybridized carbons (Fsp3) is 0.957. The summed E-state index contributed by atoms with van der Waals surface area (Å²) in [5.74, 6) is -0.615. The molecule has 166 valence electrons. The molecule has 5 nitrogen and oxygen atoms in total. The van der Waals surface area contributed by atoms with Crippen LogP contribution < -0.4 is 0 Å². The van der Waals surface area contributed by atoms with E-state index >= 15 is 0 Å². The third-order valence-electron chi connectivity index (χ3n) is 6.26. The molecule has 5 heteroatoms. The van der Waals surface area contributed by atoms with Crippen LogP contribution >= 0.6 is 0 Å². The number of hydrogen-bond donors (Lipinski definition) is 3. The average molecular weight is 401 g/mol. The summed E-state index contributed by atoms with van der Waals surface area (Å²) < 4.78 is 5.36. The summed E-state index contributed by atoms with van der Waals surface area (Å²) in [6.07, 6.45) is 17.0. The normalized spacial score (nSPS) is 21.2. The van der Waals surface area contributed by atoms with Crippen molar-refractivity contribution in [3.63, 3.8) is 0 Å². The van der Waals surface area contributed by atoms with Gasteiger partial charge in [0.15, 0.2) is 5.60 Å². The molecular formula is C23H44O5. The van der Waals surface area contributed by atoms with E-state index in [4.69, 9.17) is 9.84 Å². The van der Waals surface area contributed by atoms with Crippen LogP contribution in [0.3, 0.4) is 0 Å². The summed E-state index contributed by atoms with van der Waals surface area (Å²) in [5.41, 5.74) is -1.00. The van der Waals surface area contributed by atoms with Crippen LogP contribution in [0.5, 0.6) is 0 Å². The molecular weight excluding hydrogens is 356 g/mol. The number of hydrogen-bond acceptors (Lipinski definition) is 4. The first-order valence-corrected chi connectivity index (χ1v) is 11.7. The number of aliphatic hydroxyl groups excluding tert-OH is 2. The molecule has 0 aromatic carbocycles. The molecule has 0 spiro atoms. The monoisotopic (exact) mass is 400 g/mol. The number of carboxylic acid groups (broad SMARTS) is 1. The van der Waals surface area contributed by atoms with Gasteiger partial charge in [-0.3, -0.25) is 0 Å². The topological polar surface area (TPSA) is 87.0 Å². The molecule has 0 aromatic rings. The molecule has 1 aliphatic rings. The van der Waals surface area contributed by atoms with Crippen molar-refractivity contribution in [3.8, 4) is 0 Å². The van der Waals surface area contributed by atoms with Crippen LogP contribution in [0.25, 0.3) is 0 Å². The van der Waals surface area contributed by atoms with Crippen molar-refractivity contribution in [1.82, 2.24) is 0 Å². The Hall–Kier alpha value is -0.650. The summed E-state index contributed by atoms with van der Waals surface area (Å²) in [6.45, 7) is 2.55. The van der Waals surface area contributed by atoms with Crippen LogP contribution in [0, 0.1) is 5.92 Å². The fourth-order valence-corrected chi connectivity index (χ4v) is 4.20. The van der Waals surface area contributed by atoms with Crippen LogP contribution in [0.15, 0.2) is 0 Å². The standard InChI is InChI=1S/C23H44O5/c1-2-3-4-5-6-7-8-9-10-11-12-13-20(18-21(25)19-24)14-15-23(22(26)27)16-17-28-23/h20-21,24-25H,2-19H2,1H3,(H,26,27). The van der Waals surface area contributed by atoms with Gasteiger partial charge in [-0.05, 0) is 25.2 Å². The molecule has 1 saturated heterocycles. The van der Waals surface area contributed by atoms with Crippen molar-refractivity contribution in [3.05, 3.63) is 0 Å². The highest BCUT2D eigenvalue weighted by molar-refractivity contribution is 5.78. The minimum atomic E-state index is -1.00. The molecule has 3 unspecified atom stereocenters. The third-order valence-corrected chi connectivity index (χ3v) is 6.26. The predicted octanol–water partition coefficient (Wildman–Crippen LogP) is 5.07. The quantitative estimate of drug-likeness (QED) is 0.263. The van der Waals surface area contributed by atoms with Gasteiger partial charge in [-0.2, -0.15) is 0 Å². The number of ether oxygens (including phenoxy) is 1. The summed E-state index contributed by atoms with van der Waals surface area (Å²) in [4.78, 5) is 11.4. The Bertz CT molecular complexity index is 394. The molecule has 1 fully saturated rings. The Kier molecular flexibility index (Phi) is 13.8. The number of unbranched alkanes of at least 4 members (excludes halogenated alkanes) is 10. The largest absolute Gasteiger partial charge is 0.479 e. The lowest BCUT2D eigenvalue weighted by Crippen LogP contribution is -2.50. The second-order valence-corrected chi connectivity index (χ2v) is 8.70. The van der Waals surface area contributed by atoms with Gasteiger partial charge in [-0.25, -0.2) is 4.79 Å². The van der Waals surface area contributed by atoms with E-state index in [0.717, 1.165) is 19.3 Å². The Balaban J connectivity index is 2.15. The van der Waals surface area contributed by atoms with E-state index in [1.807, 2.05) is 0 Å². The van der Waals surface area contributed by atoms with E-state index in [0.29, 0.717) is 25.9 Å². The Labute approximate surface area is 171 Å². The Morgan fingerprint density at radius 2 is 1.50 bits per heavy atom. The minimum absolute atomic E-state index is 0.227. The highest BCUT2D eigenvalue weighted by Crippen LogP contribution is 2.35. The zero-order valence-corrected chi connectivity index (χ0v) is 18.0. The molecule has 28 heavy (non-hydrogen) atoms. The number of aliphatic hydroxyl groups is 2. The van der Waals surface area contributed by atoms with Crippen LogP contribution in [0.2, 0.25) is 0 Å². The molecule has 0 bridgehead atoms. The summed E-state index contributed by atoms with van der Waals surface area (Å²) in [6, 6.07) is 0. The van der Waals surface area contributed by atoms with Gasteiger partial charge in [0.05, 0.1) is 19.3 Å². The van der Waals surface area contributed by atoms with Gasteiger partial charge in [0.1, 0.15) is 0 Å². The van der Waals surface area contributed by atoms with E-state index < -0.39 is 17.7 Å². The van der Waals surface area contributed by atoms with Crippen LogP contribution in [-0.4, -0.2) is 46.2 Å². The van der Waals surface area contributed by atoms with Crippen molar-refractivity contribution in [1.29, 1.82) is 0 Å². The zero-order chi connectivity index (χ0) is 20.7. The van der Waals surface area contributed by atoms with Crippen LogP contribution in [0.4, 0.5) is 0 Å². The minimum Gasteiger partial charge on any atom is -0.479 e. The van der Waals surface area contributed by atoms with Crippen molar-refractivity contribution in [2.24, 2.45) is 5.92 Å². The maximum Gasteiger partial charge on any atom is 0.336 e. The third kappa shape index (κ3) is 10.2. The predicted molar refractivity (Wildman–Crippen MR) is 112 cm³/mol. The van der Waals surface area contributed by atoms with Crippen molar-refractivity contribution in [2.75, 3.05) is 13.2 Å². The van der Waals surface area contributed by atoms with Crippen molar-refractivity contribution in [2.45, 2.75) is 121 Å². The van der Waals surface area contributed by atoms with Gasteiger partial charge in [-0.15, -0.1) is 0 Å². The smallest absolute Gasteiger partial charge is 0.336 e. The van der Waals surface area contributed by atoms with Gasteiger partial charge in [0.25, 0.3) is 0 Å². The molecule has 0 aliphatic carbocycles. The number of rotatable bonds is 19. The zero-order valence-electron chi connectivity index (χ0n) is 18.0. The van der Waals surface area contributed by atoms with E-state index in [2.05, 4.69) is 6.92 Å². The highest BCUT2D eigenvalue weighted by atomic mass is 16.5. The second kappa shape index (κ2) is 15.2. The first-order chi connectivity index (χ1) is 13.5. The Morgan fingerprint density at radius 1 is 0.964 bits per heavy atom. The molecule has 1 heterocycles. The lowest BCUT2D eigenvalue weighted by Gasteiger charge is -2.38. The molecule has 0 amide bonds. The van der Waals surface area contributed by atoms with Gasteiger partial charge >= 0.3 is 5.97 Å². The average Bonchev–Trinajstić information content (AvgIpc) is 2.64. The molecule has 1 rings (SSSR count). The van der Waals surface area contributed by atoms with Crippen molar-refractivity contribution < 1.29 is 24.9 Å². The van der Waals surface area contributed by atoms with Crippen molar-refractivity contribution >= 4 is 5.97 Å². The van der Waals surface area contributed by atoms with Crippen LogP contribution in [-0.2, 0) is 9.53 Å². The summed E-state index contributed by atoms with van der Waals surface area (Å²) in [5, 5.41) is 28.4. The highest BCUT2D eigenvalue weighted by Gasteiger charge is 2.45. The van der Waals surface area contributed by atoms with Crippen LogP contribution in [0.1, 0.15) is 110 Å². The lowest BCUT2D eigenvalue weighted by atomic mass is 9.83. The maximum atomic E-state index is 11.4. The molecule has 3 N–H and O–H groups in total. The lowest BCUT2D eigenvalue weighted by molar-refractivity contribution is -0.196. The maximum absolute atomic E-state index is 11.4. The summed E-state index contributed by atoms with van der Waals surface area (Å²) in [7, 11) is 0. The SMILES string of the molecule is CCCCCCCCCCCCCC(CCC1(C(=O)O)CCO1)CC(O)CO. The second-order valence-electron chi connectivity index (χ2n) is 8.70. The molecule has 0 saturated carbocycles.